The van der Waals surface area contributed by atoms with Crippen LogP contribution in [0.1, 0.15) is 296 Å². The molecule has 0 aliphatic carbocycles. The number of unbranched alkanes of at least 4 members (excludes halogenated alkanes) is 22. The zero-order valence-corrected chi connectivity index (χ0v) is 66.1. The maximum absolute atomic E-state index is 13.0. The molecule has 0 radical (unpaired) electrons. The molecule has 0 aromatic carbocycles. The van der Waals surface area contributed by atoms with Crippen LogP contribution in [0.5, 0.6) is 0 Å². The van der Waals surface area contributed by atoms with E-state index in [9.17, 15) is 19.5 Å². The SMILES string of the molecule is CC/C=C\C/C=C\C/C=C\C/C=C\C/C=C\C/C=C\C/C=C\C/C=C\C/C=C\C/C=C\C/C=C\C/C=C\CCCCC(=O)OC(COC(=O)CCCCCCCCCCCCCCCCCCCCCC/C=C\C/C=C\C/C=C\C/C=C\C/C=C\C/C=C\CC)COC(OCC[N+](C)(C)C)C(=O)O. The third-order valence-electron chi connectivity index (χ3n) is 16.7. The maximum atomic E-state index is 13.0. The number of hydrogen-bond acceptors (Lipinski definition) is 7. The molecular weight excluding hydrogens is 1270 g/mol. The summed E-state index contributed by atoms with van der Waals surface area (Å²) in [5.41, 5.74) is 0. The predicted octanol–water partition coefficient (Wildman–Crippen LogP) is 26.8. The molecule has 1 N–H and O–H groups in total. The largest absolute Gasteiger partial charge is 0.477 e. The van der Waals surface area contributed by atoms with Crippen molar-refractivity contribution >= 4 is 17.9 Å². The Morgan fingerprint density at radius 1 is 0.291 bits per heavy atom. The molecule has 2 atom stereocenters. The number of carboxylic acids is 1. The number of carboxylic acid groups (broad SMARTS) is 1. The van der Waals surface area contributed by atoms with Crippen molar-refractivity contribution in [2.45, 2.75) is 309 Å². The summed E-state index contributed by atoms with van der Waals surface area (Å²) in [6, 6.07) is 0. The van der Waals surface area contributed by atoms with Crippen molar-refractivity contribution in [1.29, 1.82) is 0 Å². The summed E-state index contributed by atoms with van der Waals surface area (Å²) in [6.07, 6.45) is 125. The molecule has 9 heteroatoms. The second kappa shape index (κ2) is 81.3. The average molecular weight is 1420 g/mol. The van der Waals surface area contributed by atoms with E-state index in [2.05, 4.69) is 233 Å². The van der Waals surface area contributed by atoms with E-state index in [-0.39, 0.29) is 38.6 Å². The minimum Gasteiger partial charge on any atom is -0.477 e. The number of aliphatic carboxylic acids is 1. The highest BCUT2D eigenvalue weighted by Gasteiger charge is 2.25. The van der Waals surface area contributed by atoms with Gasteiger partial charge in [-0.25, -0.2) is 4.79 Å². The Morgan fingerprint density at radius 3 is 0.796 bits per heavy atom. The number of quaternary nitrogens is 1. The van der Waals surface area contributed by atoms with E-state index in [0.29, 0.717) is 17.4 Å². The molecule has 0 saturated carbocycles. The van der Waals surface area contributed by atoms with Gasteiger partial charge in [0, 0.05) is 12.8 Å². The van der Waals surface area contributed by atoms with Crippen LogP contribution in [-0.4, -0.2) is 87.4 Å². The maximum Gasteiger partial charge on any atom is 0.361 e. The standard InChI is InChI=1S/C94H149NO8/c1-6-8-10-12-14-16-18-20-22-24-26-28-30-32-34-36-38-40-42-44-46-48-50-52-54-56-58-60-62-64-66-68-70-72-74-76-78-80-82-84-91(96)101-88-90(89-102-94(93(98)99)100-87-86-95(3,4)5)103-92(97)85-83-81-79-77-75-73-71-69-67-65-63-61-59-57-55-53-51-49-47-45-43-41-39-37-35-33-31-29-27-25-23-21-19-17-15-13-11-9-7-2/h8-11,14-17,20-23,26-29,32-35,38-41,45,47,51,53,57,59,63,65,69,71,75,77,90,94H,6-7,12-13,18-19,24-25,30-31,36-37,42-44,46,48-50,52,54-56,58,60-62,64,66-68,70,72-74,76,78-89H2,1-5H3/p+1/b10-8-,11-9-,16-14-,17-15-,22-20-,23-21-,28-26-,29-27-,34-32-,35-33-,40-38-,41-39-,47-45-,53-51-,59-57-,65-63-,71-69-,77-75-. The minimum atomic E-state index is -1.54. The van der Waals surface area contributed by atoms with E-state index in [1.165, 1.54) is 116 Å². The first-order valence-electron chi connectivity index (χ1n) is 40.9. The molecule has 0 saturated heterocycles. The van der Waals surface area contributed by atoms with Gasteiger partial charge < -0.3 is 28.5 Å². The fourth-order valence-electron chi connectivity index (χ4n) is 10.6. The first-order valence-corrected chi connectivity index (χ1v) is 40.9. The lowest BCUT2D eigenvalue weighted by molar-refractivity contribution is -0.870. The highest BCUT2D eigenvalue weighted by Crippen LogP contribution is 2.17. The second-order valence-electron chi connectivity index (χ2n) is 27.6. The van der Waals surface area contributed by atoms with Gasteiger partial charge in [-0.1, -0.05) is 348 Å². The van der Waals surface area contributed by atoms with Gasteiger partial charge in [0.2, 0.25) is 0 Å². The van der Waals surface area contributed by atoms with Crippen LogP contribution in [0.15, 0.2) is 219 Å². The lowest BCUT2D eigenvalue weighted by atomic mass is 10.0. The van der Waals surface area contributed by atoms with Crippen LogP contribution >= 0.6 is 0 Å². The highest BCUT2D eigenvalue weighted by molar-refractivity contribution is 5.71. The van der Waals surface area contributed by atoms with Crippen molar-refractivity contribution in [3.63, 3.8) is 0 Å². The molecule has 0 aliphatic heterocycles. The van der Waals surface area contributed by atoms with Gasteiger partial charge in [0.15, 0.2) is 6.10 Å². The number of nitrogens with zero attached hydrogens (tertiary/aromatic N) is 1. The Morgan fingerprint density at radius 2 is 0.524 bits per heavy atom. The molecule has 578 valence electrons. The lowest BCUT2D eigenvalue weighted by Crippen LogP contribution is -2.40. The van der Waals surface area contributed by atoms with Gasteiger partial charge in [0.1, 0.15) is 13.2 Å². The van der Waals surface area contributed by atoms with Crippen molar-refractivity contribution < 1.29 is 42.9 Å². The summed E-state index contributed by atoms with van der Waals surface area (Å²) in [4.78, 5) is 37.7. The smallest absolute Gasteiger partial charge is 0.361 e. The fourth-order valence-corrected chi connectivity index (χ4v) is 10.6. The molecule has 0 heterocycles. The third-order valence-corrected chi connectivity index (χ3v) is 16.7. The molecule has 0 fully saturated rings. The molecule has 0 spiro atoms. The monoisotopic (exact) mass is 1420 g/mol. The summed E-state index contributed by atoms with van der Waals surface area (Å²) in [6.45, 7) is 4.59. The van der Waals surface area contributed by atoms with Crippen LogP contribution in [0.4, 0.5) is 0 Å². The van der Waals surface area contributed by atoms with Gasteiger partial charge in [-0.15, -0.1) is 0 Å². The Hall–Kier alpha value is -6.39. The molecule has 9 nitrogen and oxygen atoms in total. The van der Waals surface area contributed by atoms with E-state index in [1.54, 1.807) is 0 Å². The number of carbonyl (C=O) groups is 3. The number of carbonyl (C=O) groups excluding carboxylic acids is 2. The van der Waals surface area contributed by atoms with Crippen molar-refractivity contribution in [2.75, 3.05) is 47.5 Å². The number of esters is 2. The summed E-state index contributed by atoms with van der Waals surface area (Å²) in [7, 11) is 5.96. The number of allylic oxidation sites excluding steroid dienone is 36. The molecule has 103 heavy (non-hydrogen) atoms. The lowest BCUT2D eigenvalue weighted by Gasteiger charge is -2.25. The molecule has 2 unspecified atom stereocenters. The molecule has 0 amide bonds. The Balaban J connectivity index is 4.16. The fraction of sp³-hybridized carbons (Fsp3) is 0.585. The van der Waals surface area contributed by atoms with Crippen LogP contribution in [0.3, 0.4) is 0 Å². The number of likely N-dealkylation sites (N-methyl/N-ethyl adjacent to an activating group) is 1. The normalized spacial score (nSPS) is 13.8. The van der Waals surface area contributed by atoms with Crippen LogP contribution in [-0.2, 0) is 33.3 Å². The quantitative estimate of drug-likeness (QED) is 0.0211. The zero-order chi connectivity index (χ0) is 74.6. The van der Waals surface area contributed by atoms with E-state index in [0.717, 1.165) is 148 Å². The molecule has 0 aromatic rings. The molecule has 0 bridgehead atoms. The average Bonchev–Trinajstić information content (AvgIpc) is 0.985. The summed E-state index contributed by atoms with van der Waals surface area (Å²) in [5, 5.41) is 9.77. The topological polar surface area (TPSA) is 108 Å². The second-order valence-corrected chi connectivity index (χ2v) is 27.6. The van der Waals surface area contributed by atoms with Crippen molar-refractivity contribution in [3.05, 3.63) is 219 Å². The van der Waals surface area contributed by atoms with Gasteiger partial charge >= 0.3 is 17.9 Å². The van der Waals surface area contributed by atoms with Crippen LogP contribution in [0.2, 0.25) is 0 Å². The van der Waals surface area contributed by atoms with E-state index >= 15 is 0 Å². The first-order chi connectivity index (χ1) is 50.6. The minimum absolute atomic E-state index is 0.169. The molecule has 0 aromatic heterocycles. The van der Waals surface area contributed by atoms with Crippen LogP contribution in [0.25, 0.3) is 0 Å². The summed E-state index contributed by atoms with van der Waals surface area (Å²) in [5.74, 6) is -2.08. The number of hydrogen-bond donors (Lipinski definition) is 1. The number of ether oxygens (including phenoxy) is 4. The van der Waals surface area contributed by atoms with Crippen molar-refractivity contribution in [2.24, 2.45) is 0 Å². The van der Waals surface area contributed by atoms with Gasteiger partial charge in [0.05, 0.1) is 34.4 Å². The summed E-state index contributed by atoms with van der Waals surface area (Å²) < 4.78 is 23.0. The van der Waals surface area contributed by atoms with Gasteiger partial charge in [-0.05, 0) is 154 Å². The summed E-state index contributed by atoms with van der Waals surface area (Å²) >= 11 is 0. The van der Waals surface area contributed by atoms with Crippen LogP contribution in [0, 0.1) is 0 Å². The Bertz CT molecular complexity index is 2510. The van der Waals surface area contributed by atoms with Gasteiger partial charge in [-0.2, -0.15) is 0 Å². The zero-order valence-electron chi connectivity index (χ0n) is 66.1. The Labute approximate surface area is 632 Å². The van der Waals surface area contributed by atoms with Crippen molar-refractivity contribution in [1.82, 2.24) is 0 Å². The third kappa shape index (κ3) is 82.8. The van der Waals surface area contributed by atoms with Gasteiger partial charge in [0.25, 0.3) is 6.29 Å². The number of rotatable bonds is 73. The molecule has 0 rings (SSSR count). The predicted molar refractivity (Wildman–Crippen MR) is 446 cm³/mol. The molecule has 0 aliphatic rings. The Kier molecular flexibility index (Phi) is 76.2. The van der Waals surface area contributed by atoms with Gasteiger partial charge in [-0.3, -0.25) is 9.59 Å². The van der Waals surface area contributed by atoms with Crippen molar-refractivity contribution in [3.8, 4) is 0 Å². The first kappa shape index (κ1) is 96.6. The van der Waals surface area contributed by atoms with E-state index in [4.69, 9.17) is 18.9 Å². The van der Waals surface area contributed by atoms with E-state index < -0.39 is 24.3 Å². The van der Waals surface area contributed by atoms with E-state index in [1.807, 2.05) is 21.1 Å². The van der Waals surface area contributed by atoms with Crippen LogP contribution < -0.4 is 0 Å². The highest BCUT2D eigenvalue weighted by atomic mass is 16.7. The molecular formula is C94H150NO8+.